The van der Waals surface area contributed by atoms with Crippen LogP contribution in [-0.4, -0.2) is 11.7 Å². The van der Waals surface area contributed by atoms with Crippen molar-refractivity contribution in [3.63, 3.8) is 0 Å². The summed E-state index contributed by atoms with van der Waals surface area (Å²) in [5.41, 5.74) is 3.98. The Labute approximate surface area is 150 Å². The second-order valence-corrected chi connectivity index (χ2v) is 7.30. The number of nitrogens with one attached hydrogen (secondary N) is 1. The summed E-state index contributed by atoms with van der Waals surface area (Å²) < 4.78 is 5.40. The molecule has 2 rings (SSSR count). The molecule has 1 amide bonds. The predicted molar refractivity (Wildman–Crippen MR) is 104 cm³/mol. The van der Waals surface area contributed by atoms with Crippen LogP contribution in [0.25, 0.3) is 6.08 Å². The molecule has 2 aromatic rings. The fraction of sp³-hybridized carbons (Fsp3) is 0.318. The number of carbonyl (C=O) groups excluding carboxylic acids is 1. The molecule has 0 spiro atoms. The highest BCUT2D eigenvalue weighted by molar-refractivity contribution is 5.69. The second kappa shape index (κ2) is 8.02. The third kappa shape index (κ3) is 6.46. The van der Waals surface area contributed by atoms with Gasteiger partial charge < -0.3 is 10.1 Å². The molecule has 0 heterocycles. The highest BCUT2D eigenvalue weighted by Crippen LogP contribution is 2.18. The molecule has 0 fully saturated rings. The maximum absolute atomic E-state index is 12.2. The first-order valence-electron chi connectivity index (χ1n) is 8.54. The van der Waals surface area contributed by atoms with E-state index in [-0.39, 0.29) is 6.04 Å². The monoisotopic (exact) mass is 337 g/mol. The first-order valence-corrected chi connectivity index (χ1v) is 8.54. The Kier molecular flexibility index (Phi) is 6.02. The lowest BCUT2D eigenvalue weighted by atomic mass is 10.0. The van der Waals surface area contributed by atoms with E-state index in [9.17, 15) is 4.79 Å². The van der Waals surface area contributed by atoms with Crippen LogP contribution in [0.4, 0.5) is 4.79 Å². The van der Waals surface area contributed by atoms with E-state index in [1.54, 1.807) is 0 Å². The highest BCUT2D eigenvalue weighted by Gasteiger charge is 2.19. The SMILES string of the molecule is Cc1ccc(/C=C/C(NC(=O)OC(C)(C)C)c2ccc(C)cc2)cc1. The Bertz CT molecular complexity index is 722. The van der Waals surface area contributed by atoms with Gasteiger partial charge in [0.25, 0.3) is 0 Å². The van der Waals surface area contributed by atoms with Gasteiger partial charge in [-0.3, -0.25) is 0 Å². The van der Waals surface area contributed by atoms with Crippen molar-refractivity contribution in [2.24, 2.45) is 0 Å². The average Bonchev–Trinajstić information content (AvgIpc) is 2.52. The zero-order valence-corrected chi connectivity index (χ0v) is 15.7. The second-order valence-electron chi connectivity index (χ2n) is 7.30. The van der Waals surface area contributed by atoms with Gasteiger partial charge in [-0.2, -0.15) is 0 Å². The summed E-state index contributed by atoms with van der Waals surface area (Å²) in [6, 6.07) is 16.1. The quantitative estimate of drug-likeness (QED) is 0.790. The van der Waals surface area contributed by atoms with Crippen molar-refractivity contribution in [1.29, 1.82) is 0 Å². The molecule has 0 saturated carbocycles. The number of benzene rings is 2. The van der Waals surface area contributed by atoms with Crippen LogP contribution in [0.15, 0.2) is 54.6 Å². The van der Waals surface area contributed by atoms with Gasteiger partial charge in [-0.1, -0.05) is 71.8 Å². The minimum atomic E-state index is -0.525. The van der Waals surface area contributed by atoms with E-state index >= 15 is 0 Å². The van der Waals surface area contributed by atoms with Gasteiger partial charge in [0.2, 0.25) is 0 Å². The standard InChI is InChI=1S/C22H27NO2/c1-16-6-10-18(11-7-16)12-15-20(19-13-8-17(2)9-14-19)23-21(24)25-22(3,4)5/h6-15,20H,1-5H3,(H,23,24)/b15-12+. The number of aryl methyl sites for hydroxylation is 2. The zero-order valence-electron chi connectivity index (χ0n) is 15.7. The van der Waals surface area contributed by atoms with Crippen molar-refractivity contribution in [3.05, 3.63) is 76.9 Å². The Morgan fingerprint density at radius 3 is 2.00 bits per heavy atom. The smallest absolute Gasteiger partial charge is 0.408 e. The van der Waals surface area contributed by atoms with Crippen molar-refractivity contribution in [3.8, 4) is 0 Å². The van der Waals surface area contributed by atoms with E-state index in [2.05, 4.69) is 36.5 Å². The van der Waals surface area contributed by atoms with Crippen molar-refractivity contribution < 1.29 is 9.53 Å². The molecule has 0 radical (unpaired) electrons. The summed E-state index contributed by atoms with van der Waals surface area (Å²) in [6.45, 7) is 9.68. The predicted octanol–water partition coefficient (Wildman–Crippen LogP) is 5.58. The van der Waals surface area contributed by atoms with Gasteiger partial charge in [0.05, 0.1) is 6.04 Å². The van der Waals surface area contributed by atoms with Crippen molar-refractivity contribution >= 4 is 12.2 Å². The summed E-state index contributed by atoms with van der Waals surface area (Å²) in [6.07, 6.45) is 3.58. The van der Waals surface area contributed by atoms with Gasteiger partial charge in [-0.15, -0.1) is 0 Å². The van der Waals surface area contributed by atoms with E-state index in [4.69, 9.17) is 4.74 Å². The lowest BCUT2D eigenvalue weighted by Crippen LogP contribution is -2.34. The van der Waals surface area contributed by atoms with Crippen molar-refractivity contribution in [2.75, 3.05) is 0 Å². The number of alkyl carbamates (subject to hydrolysis) is 1. The Balaban J connectivity index is 2.20. The molecule has 0 bridgehead atoms. The summed E-state index contributed by atoms with van der Waals surface area (Å²) in [5.74, 6) is 0. The molecule has 2 aromatic carbocycles. The number of rotatable bonds is 4. The molecule has 25 heavy (non-hydrogen) atoms. The first-order chi connectivity index (χ1) is 11.7. The molecule has 0 aromatic heterocycles. The Hall–Kier alpha value is -2.55. The molecule has 0 saturated heterocycles. The first kappa shape index (κ1) is 18.8. The van der Waals surface area contributed by atoms with Gasteiger partial charge in [-0.05, 0) is 45.7 Å². The van der Waals surface area contributed by atoms with E-state index in [1.165, 1.54) is 11.1 Å². The fourth-order valence-electron chi connectivity index (χ4n) is 2.34. The normalized spacial score (nSPS) is 12.8. The molecular weight excluding hydrogens is 310 g/mol. The molecular formula is C22H27NO2. The summed E-state index contributed by atoms with van der Waals surface area (Å²) in [4.78, 5) is 12.2. The van der Waals surface area contributed by atoms with E-state index in [1.807, 2.05) is 64.1 Å². The average molecular weight is 337 g/mol. The van der Waals surface area contributed by atoms with Crippen LogP contribution >= 0.6 is 0 Å². The van der Waals surface area contributed by atoms with Crippen LogP contribution in [0.3, 0.4) is 0 Å². The van der Waals surface area contributed by atoms with Gasteiger partial charge in [-0.25, -0.2) is 4.79 Å². The van der Waals surface area contributed by atoms with Crippen molar-refractivity contribution in [2.45, 2.75) is 46.3 Å². The molecule has 3 nitrogen and oxygen atoms in total. The maximum Gasteiger partial charge on any atom is 0.408 e. The van der Waals surface area contributed by atoms with Gasteiger partial charge >= 0.3 is 6.09 Å². The number of hydrogen-bond donors (Lipinski definition) is 1. The number of amides is 1. The summed E-state index contributed by atoms with van der Waals surface area (Å²) in [7, 11) is 0. The van der Waals surface area contributed by atoms with E-state index < -0.39 is 11.7 Å². The van der Waals surface area contributed by atoms with Gasteiger partial charge in [0.1, 0.15) is 5.60 Å². The molecule has 3 heteroatoms. The molecule has 0 aliphatic carbocycles. The molecule has 1 unspecified atom stereocenters. The van der Waals surface area contributed by atoms with E-state index in [0.29, 0.717) is 0 Å². The Morgan fingerprint density at radius 1 is 0.960 bits per heavy atom. The molecule has 0 aliphatic heterocycles. The van der Waals surface area contributed by atoms with Crippen molar-refractivity contribution in [1.82, 2.24) is 5.32 Å². The summed E-state index contributed by atoms with van der Waals surface area (Å²) in [5, 5.41) is 2.94. The van der Waals surface area contributed by atoms with Crippen LogP contribution in [0.5, 0.6) is 0 Å². The number of ether oxygens (including phenoxy) is 1. The molecule has 0 aliphatic rings. The van der Waals surface area contributed by atoms with Crippen LogP contribution < -0.4 is 5.32 Å². The lowest BCUT2D eigenvalue weighted by molar-refractivity contribution is 0.0514. The molecule has 1 N–H and O–H groups in total. The third-order valence-electron chi connectivity index (χ3n) is 3.67. The topological polar surface area (TPSA) is 38.3 Å². The highest BCUT2D eigenvalue weighted by atomic mass is 16.6. The zero-order chi connectivity index (χ0) is 18.4. The fourth-order valence-corrected chi connectivity index (χ4v) is 2.34. The largest absolute Gasteiger partial charge is 0.444 e. The van der Waals surface area contributed by atoms with Crippen LogP contribution in [0, 0.1) is 13.8 Å². The van der Waals surface area contributed by atoms with Crippen LogP contribution in [-0.2, 0) is 4.74 Å². The Morgan fingerprint density at radius 2 is 1.48 bits per heavy atom. The summed E-state index contributed by atoms with van der Waals surface area (Å²) >= 11 is 0. The van der Waals surface area contributed by atoms with Gasteiger partial charge in [0.15, 0.2) is 0 Å². The molecule has 1 atom stereocenters. The minimum Gasteiger partial charge on any atom is -0.444 e. The van der Waals surface area contributed by atoms with Crippen LogP contribution in [0.1, 0.15) is 49.1 Å². The van der Waals surface area contributed by atoms with E-state index in [0.717, 1.165) is 11.1 Å². The number of hydrogen-bond acceptors (Lipinski definition) is 2. The number of carbonyl (C=O) groups is 1. The molecule has 132 valence electrons. The van der Waals surface area contributed by atoms with Crippen LogP contribution in [0.2, 0.25) is 0 Å². The third-order valence-corrected chi connectivity index (χ3v) is 3.67. The lowest BCUT2D eigenvalue weighted by Gasteiger charge is -2.22. The van der Waals surface area contributed by atoms with Gasteiger partial charge in [0, 0.05) is 0 Å². The minimum absolute atomic E-state index is 0.253. The maximum atomic E-state index is 12.2.